The lowest BCUT2D eigenvalue weighted by Crippen LogP contribution is -2.40. The summed E-state index contributed by atoms with van der Waals surface area (Å²) in [5.41, 5.74) is 9.05. The van der Waals surface area contributed by atoms with Crippen LogP contribution in [0.5, 0.6) is 0 Å². The number of benzene rings is 1. The zero-order valence-corrected chi connectivity index (χ0v) is 14.3. The number of nitrogens with two attached hydrogens (primary N) is 1. The summed E-state index contributed by atoms with van der Waals surface area (Å²) in [7, 11) is -3.45. The molecule has 0 aromatic heterocycles. The number of rotatable bonds is 3. The quantitative estimate of drug-likeness (QED) is 0.873. The number of piperidine rings is 1. The first-order valence-corrected chi connectivity index (χ1v) is 9.09. The largest absolute Gasteiger partial charge is 0.398 e. The van der Waals surface area contributed by atoms with Crippen LogP contribution in [0.3, 0.4) is 0 Å². The Morgan fingerprint density at radius 1 is 1.29 bits per heavy atom. The van der Waals surface area contributed by atoms with Crippen LogP contribution in [0.25, 0.3) is 0 Å². The minimum Gasteiger partial charge on any atom is -0.398 e. The molecule has 0 spiro atoms. The van der Waals surface area contributed by atoms with Gasteiger partial charge in [-0.1, -0.05) is 19.4 Å². The second-order valence-corrected chi connectivity index (χ2v) is 8.03. The molecule has 1 fully saturated rings. The van der Waals surface area contributed by atoms with Crippen LogP contribution in [0.4, 0.5) is 5.69 Å². The first-order valence-electron chi connectivity index (χ1n) is 7.65. The predicted octanol–water partition coefficient (Wildman–Crippen LogP) is 3.00. The fourth-order valence-corrected chi connectivity index (χ4v) is 5.28. The number of anilines is 1. The van der Waals surface area contributed by atoms with E-state index in [1.54, 1.807) is 4.31 Å². The van der Waals surface area contributed by atoms with E-state index in [4.69, 9.17) is 5.73 Å². The van der Waals surface area contributed by atoms with E-state index in [-0.39, 0.29) is 0 Å². The summed E-state index contributed by atoms with van der Waals surface area (Å²) in [4.78, 5) is 0.405. The monoisotopic (exact) mass is 310 g/mol. The minimum absolute atomic E-state index is 0.405. The average molecular weight is 310 g/mol. The highest BCUT2D eigenvalue weighted by atomic mass is 32.2. The van der Waals surface area contributed by atoms with Crippen molar-refractivity contribution in [3.05, 3.63) is 22.8 Å². The Kier molecular flexibility index (Phi) is 4.63. The molecule has 1 aliphatic rings. The third kappa shape index (κ3) is 2.94. The van der Waals surface area contributed by atoms with Gasteiger partial charge in [-0.2, -0.15) is 4.31 Å². The summed E-state index contributed by atoms with van der Waals surface area (Å²) < 4.78 is 27.7. The Hall–Kier alpha value is -1.07. The van der Waals surface area contributed by atoms with Crippen molar-refractivity contribution in [1.82, 2.24) is 4.31 Å². The third-order valence-corrected chi connectivity index (χ3v) is 6.77. The number of nitrogens with zero attached hydrogens (tertiary/aromatic N) is 1. The van der Waals surface area contributed by atoms with Gasteiger partial charge >= 0.3 is 0 Å². The topological polar surface area (TPSA) is 63.4 Å². The summed E-state index contributed by atoms with van der Waals surface area (Å²) in [6, 6.07) is 1.87. The molecule has 21 heavy (non-hydrogen) atoms. The van der Waals surface area contributed by atoms with Gasteiger partial charge in [-0.15, -0.1) is 0 Å². The molecule has 1 heterocycles. The molecule has 0 bridgehead atoms. The molecule has 0 saturated carbocycles. The smallest absolute Gasteiger partial charge is 0.243 e. The Balaban J connectivity index is 2.47. The summed E-state index contributed by atoms with van der Waals surface area (Å²) in [6.07, 6.45) is 3.09. The average Bonchev–Trinajstić information content (AvgIpc) is 2.44. The molecule has 1 saturated heterocycles. The molecule has 2 N–H and O–H groups in total. The Bertz CT molecular complexity index is 638. The maximum absolute atomic E-state index is 13.0. The fraction of sp³-hybridized carbons (Fsp3) is 0.625. The van der Waals surface area contributed by atoms with Crippen LogP contribution in [-0.4, -0.2) is 25.8 Å². The van der Waals surface area contributed by atoms with Crippen molar-refractivity contribution < 1.29 is 8.42 Å². The van der Waals surface area contributed by atoms with Crippen LogP contribution in [0.2, 0.25) is 0 Å². The summed E-state index contributed by atoms with van der Waals surface area (Å²) >= 11 is 0. The molecule has 0 aliphatic carbocycles. The van der Waals surface area contributed by atoms with Crippen molar-refractivity contribution in [1.29, 1.82) is 0 Å². The van der Waals surface area contributed by atoms with Crippen LogP contribution < -0.4 is 5.73 Å². The molecule has 2 rings (SSSR count). The van der Waals surface area contributed by atoms with Gasteiger partial charge in [-0.25, -0.2) is 8.42 Å². The van der Waals surface area contributed by atoms with Crippen LogP contribution in [-0.2, 0) is 10.0 Å². The first-order chi connectivity index (χ1) is 9.78. The van der Waals surface area contributed by atoms with Gasteiger partial charge in [0.25, 0.3) is 0 Å². The molecule has 118 valence electrons. The highest BCUT2D eigenvalue weighted by molar-refractivity contribution is 7.89. The SMILES string of the molecule is CCC1CCCN(S(=O)(=O)c2c(C)cc(C)c(N)c2C)C1. The molecular formula is C16H26N2O2S. The lowest BCUT2D eigenvalue weighted by molar-refractivity contribution is 0.261. The number of aryl methyl sites for hydroxylation is 2. The molecule has 0 radical (unpaired) electrons. The second-order valence-electron chi connectivity index (χ2n) is 6.16. The molecule has 1 aromatic rings. The third-order valence-electron chi connectivity index (χ3n) is 4.62. The molecule has 5 heteroatoms. The highest BCUT2D eigenvalue weighted by Gasteiger charge is 2.32. The minimum atomic E-state index is -3.45. The first kappa shape index (κ1) is 16.3. The van der Waals surface area contributed by atoms with Crippen LogP contribution in [0.1, 0.15) is 42.9 Å². The summed E-state index contributed by atoms with van der Waals surface area (Å²) in [5.74, 6) is 0.469. The Morgan fingerprint density at radius 2 is 1.95 bits per heavy atom. The molecular weight excluding hydrogens is 284 g/mol. The van der Waals surface area contributed by atoms with Crippen LogP contribution in [0, 0.1) is 26.7 Å². The number of sulfonamides is 1. The van der Waals surface area contributed by atoms with Gasteiger partial charge in [0.1, 0.15) is 0 Å². The van der Waals surface area contributed by atoms with Gasteiger partial charge in [-0.05, 0) is 56.2 Å². The lowest BCUT2D eigenvalue weighted by Gasteiger charge is -2.32. The molecule has 4 nitrogen and oxygen atoms in total. The van der Waals surface area contributed by atoms with Crippen molar-refractivity contribution in [3.63, 3.8) is 0 Å². The van der Waals surface area contributed by atoms with E-state index >= 15 is 0 Å². The van der Waals surface area contributed by atoms with Crippen molar-refractivity contribution in [2.75, 3.05) is 18.8 Å². The van der Waals surface area contributed by atoms with E-state index in [1.165, 1.54) is 0 Å². The van der Waals surface area contributed by atoms with Crippen molar-refractivity contribution in [2.24, 2.45) is 5.92 Å². The van der Waals surface area contributed by atoms with Crippen LogP contribution >= 0.6 is 0 Å². The van der Waals surface area contributed by atoms with Gasteiger partial charge in [-0.3, -0.25) is 0 Å². The van der Waals surface area contributed by atoms with E-state index in [0.29, 0.717) is 35.2 Å². The van der Waals surface area contributed by atoms with E-state index in [2.05, 4.69) is 6.92 Å². The lowest BCUT2D eigenvalue weighted by atomic mass is 9.97. The van der Waals surface area contributed by atoms with Crippen molar-refractivity contribution >= 4 is 15.7 Å². The molecule has 1 atom stereocenters. The standard InChI is InChI=1S/C16H26N2O2S/c1-5-14-7-6-8-18(10-14)21(19,20)16-12(3)9-11(2)15(17)13(16)4/h9,14H,5-8,10,17H2,1-4H3. The number of hydrogen-bond donors (Lipinski definition) is 1. The molecule has 1 aliphatic heterocycles. The van der Waals surface area contributed by atoms with Gasteiger partial charge < -0.3 is 5.73 Å². The van der Waals surface area contributed by atoms with E-state index in [0.717, 1.165) is 30.4 Å². The zero-order valence-electron chi connectivity index (χ0n) is 13.4. The van der Waals surface area contributed by atoms with E-state index in [9.17, 15) is 8.42 Å². The molecule has 1 aromatic carbocycles. The number of hydrogen-bond acceptors (Lipinski definition) is 3. The highest BCUT2D eigenvalue weighted by Crippen LogP contribution is 2.32. The zero-order chi connectivity index (χ0) is 15.8. The predicted molar refractivity (Wildman–Crippen MR) is 86.8 cm³/mol. The van der Waals surface area contributed by atoms with Crippen LogP contribution in [0.15, 0.2) is 11.0 Å². The van der Waals surface area contributed by atoms with Crippen molar-refractivity contribution in [2.45, 2.75) is 51.9 Å². The van der Waals surface area contributed by atoms with E-state index < -0.39 is 10.0 Å². The Labute approximate surface area is 128 Å². The van der Waals surface area contributed by atoms with Crippen molar-refractivity contribution in [3.8, 4) is 0 Å². The number of nitrogen functional groups attached to an aromatic ring is 1. The summed E-state index contributed by atoms with van der Waals surface area (Å²) in [5, 5.41) is 0. The fourth-order valence-electron chi connectivity index (χ4n) is 3.29. The molecule has 0 amide bonds. The van der Waals surface area contributed by atoms with Gasteiger partial charge in [0, 0.05) is 18.8 Å². The molecule has 1 unspecified atom stereocenters. The van der Waals surface area contributed by atoms with E-state index in [1.807, 2.05) is 26.8 Å². The van der Waals surface area contributed by atoms with Gasteiger partial charge in [0.2, 0.25) is 10.0 Å². The van der Waals surface area contributed by atoms with Gasteiger partial charge in [0.15, 0.2) is 0 Å². The van der Waals surface area contributed by atoms with Gasteiger partial charge in [0.05, 0.1) is 4.90 Å². The Morgan fingerprint density at radius 3 is 2.57 bits per heavy atom. The normalized spacial score (nSPS) is 20.7. The maximum Gasteiger partial charge on any atom is 0.243 e. The maximum atomic E-state index is 13.0. The second kappa shape index (κ2) is 5.97. The summed E-state index contributed by atoms with van der Waals surface area (Å²) in [6.45, 7) is 8.95.